The number of nitrogens with zero attached hydrogens (tertiary/aromatic N) is 1. The lowest BCUT2D eigenvalue weighted by Gasteiger charge is -2.21. The largest absolute Gasteiger partial charge is 0.385 e. The van der Waals surface area contributed by atoms with E-state index in [0.717, 1.165) is 38.1 Å². The van der Waals surface area contributed by atoms with Crippen LogP contribution in [0.25, 0.3) is 0 Å². The lowest BCUT2D eigenvalue weighted by molar-refractivity contribution is 0.193. The zero-order valence-corrected chi connectivity index (χ0v) is 10.6. The first-order valence-electron chi connectivity index (χ1n) is 6.84. The molecule has 3 nitrogen and oxygen atoms in total. The molecule has 0 spiro atoms. The highest BCUT2D eigenvalue weighted by Crippen LogP contribution is 2.34. The van der Waals surface area contributed by atoms with Gasteiger partial charge >= 0.3 is 0 Å². The lowest BCUT2D eigenvalue weighted by Crippen LogP contribution is -2.35. The van der Waals surface area contributed by atoms with E-state index in [1.54, 1.807) is 7.11 Å². The van der Waals surface area contributed by atoms with E-state index < -0.39 is 0 Å². The minimum Gasteiger partial charge on any atom is -0.385 e. The van der Waals surface area contributed by atoms with E-state index in [1.165, 1.54) is 38.8 Å². The van der Waals surface area contributed by atoms with Crippen molar-refractivity contribution >= 4 is 0 Å². The maximum absolute atomic E-state index is 5.03. The Bertz CT molecular complexity index is 190. The molecule has 16 heavy (non-hydrogen) atoms. The average molecular weight is 226 g/mol. The molecule has 0 aromatic heterocycles. The Labute approximate surface area is 99.5 Å². The van der Waals surface area contributed by atoms with Gasteiger partial charge in [0.05, 0.1) is 0 Å². The van der Waals surface area contributed by atoms with Gasteiger partial charge in [-0.15, -0.1) is 0 Å². The fraction of sp³-hybridized carbons (Fsp3) is 1.00. The van der Waals surface area contributed by atoms with Gasteiger partial charge < -0.3 is 10.1 Å². The molecule has 0 bridgehead atoms. The summed E-state index contributed by atoms with van der Waals surface area (Å²) in [5.74, 6) is 1.04. The van der Waals surface area contributed by atoms with E-state index >= 15 is 0 Å². The number of nitrogens with one attached hydrogen (secondary N) is 1. The van der Waals surface area contributed by atoms with Crippen LogP contribution in [-0.4, -0.2) is 50.8 Å². The summed E-state index contributed by atoms with van der Waals surface area (Å²) in [4.78, 5) is 2.71. The Morgan fingerprint density at radius 1 is 1.19 bits per heavy atom. The van der Waals surface area contributed by atoms with Crippen molar-refractivity contribution in [3.05, 3.63) is 0 Å². The summed E-state index contributed by atoms with van der Waals surface area (Å²) in [6.07, 6.45) is 6.96. The third-order valence-corrected chi connectivity index (χ3v) is 3.53. The van der Waals surface area contributed by atoms with Crippen LogP contribution in [0.3, 0.4) is 0 Å². The van der Waals surface area contributed by atoms with E-state index in [4.69, 9.17) is 4.74 Å². The lowest BCUT2D eigenvalue weighted by atomic mass is 10.3. The van der Waals surface area contributed by atoms with Gasteiger partial charge in [0.15, 0.2) is 0 Å². The van der Waals surface area contributed by atoms with Crippen molar-refractivity contribution in [2.45, 2.75) is 38.1 Å². The third-order valence-electron chi connectivity index (χ3n) is 3.53. The number of ether oxygens (including phenoxy) is 1. The molecule has 0 atom stereocenters. The van der Waals surface area contributed by atoms with Crippen LogP contribution in [0.1, 0.15) is 32.1 Å². The summed E-state index contributed by atoms with van der Waals surface area (Å²) in [6.45, 7) is 5.72. The quantitative estimate of drug-likeness (QED) is 0.571. The molecule has 0 aliphatic heterocycles. The van der Waals surface area contributed by atoms with Crippen LogP contribution in [0.5, 0.6) is 0 Å². The Kier molecular flexibility index (Phi) is 5.07. The van der Waals surface area contributed by atoms with Crippen molar-refractivity contribution in [3.8, 4) is 0 Å². The fourth-order valence-electron chi connectivity index (χ4n) is 2.18. The highest BCUT2D eigenvalue weighted by Gasteiger charge is 2.32. The number of hydrogen-bond donors (Lipinski definition) is 1. The SMILES string of the molecule is COCCCNCCN(CC1CC1)C1CC1. The molecule has 2 saturated carbocycles. The minimum absolute atomic E-state index is 0.876. The van der Waals surface area contributed by atoms with Crippen molar-refractivity contribution in [3.63, 3.8) is 0 Å². The maximum atomic E-state index is 5.03. The molecular formula is C13H26N2O. The molecule has 2 aliphatic rings. The van der Waals surface area contributed by atoms with Gasteiger partial charge in [0.25, 0.3) is 0 Å². The van der Waals surface area contributed by atoms with Gasteiger partial charge in [-0.05, 0) is 44.6 Å². The molecule has 94 valence electrons. The minimum atomic E-state index is 0.876. The topological polar surface area (TPSA) is 24.5 Å². The monoisotopic (exact) mass is 226 g/mol. The summed E-state index contributed by atoms with van der Waals surface area (Å²) in [6, 6.07) is 0.932. The zero-order chi connectivity index (χ0) is 11.2. The molecule has 2 aliphatic carbocycles. The molecular weight excluding hydrogens is 200 g/mol. The van der Waals surface area contributed by atoms with Crippen molar-refractivity contribution in [1.82, 2.24) is 10.2 Å². The molecule has 3 heteroatoms. The summed E-state index contributed by atoms with van der Waals surface area (Å²) < 4.78 is 5.03. The third kappa shape index (κ3) is 4.81. The summed E-state index contributed by atoms with van der Waals surface area (Å²) in [5, 5.41) is 3.51. The van der Waals surface area contributed by atoms with Gasteiger partial charge in [-0.25, -0.2) is 0 Å². The second-order valence-electron chi connectivity index (χ2n) is 5.27. The molecule has 0 saturated heterocycles. The second kappa shape index (κ2) is 6.58. The van der Waals surface area contributed by atoms with Crippen LogP contribution in [0.15, 0.2) is 0 Å². The van der Waals surface area contributed by atoms with E-state index in [9.17, 15) is 0 Å². The molecule has 0 radical (unpaired) electrons. The van der Waals surface area contributed by atoms with Gasteiger partial charge in [-0.3, -0.25) is 4.90 Å². The molecule has 0 heterocycles. The molecule has 0 aromatic rings. The maximum Gasteiger partial charge on any atom is 0.0474 e. The predicted molar refractivity (Wildman–Crippen MR) is 66.7 cm³/mol. The van der Waals surface area contributed by atoms with Gasteiger partial charge in [0.2, 0.25) is 0 Å². The van der Waals surface area contributed by atoms with Gasteiger partial charge in [0, 0.05) is 39.4 Å². The second-order valence-corrected chi connectivity index (χ2v) is 5.27. The Hall–Kier alpha value is -0.120. The first-order valence-corrected chi connectivity index (χ1v) is 6.84. The summed E-state index contributed by atoms with van der Waals surface area (Å²) in [7, 11) is 1.77. The molecule has 2 rings (SSSR count). The van der Waals surface area contributed by atoms with Crippen LogP contribution < -0.4 is 5.32 Å². The Morgan fingerprint density at radius 3 is 2.62 bits per heavy atom. The first kappa shape index (κ1) is 12.3. The highest BCUT2D eigenvalue weighted by atomic mass is 16.5. The summed E-state index contributed by atoms with van der Waals surface area (Å²) in [5.41, 5.74) is 0. The molecule has 0 aromatic carbocycles. The number of methoxy groups -OCH3 is 1. The molecule has 1 N–H and O–H groups in total. The average Bonchev–Trinajstić information content (AvgIpc) is 3.15. The number of rotatable bonds is 10. The van der Waals surface area contributed by atoms with E-state index in [0.29, 0.717) is 0 Å². The molecule has 2 fully saturated rings. The number of hydrogen-bond acceptors (Lipinski definition) is 3. The van der Waals surface area contributed by atoms with E-state index in [1.807, 2.05) is 0 Å². The zero-order valence-electron chi connectivity index (χ0n) is 10.6. The van der Waals surface area contributed by atoms with Crippen LogP contribution in [-0.2, 0) is 4.74 Å². The molecule has 0 unspecified atom stereocenters. The summed E-state index contributed by atoms with van der Waals surface area (Å²) >= 11 is 0. The standard InChI is InChI=1S/C13H26N2O/c1-16-10-2-7-14-8-9-15(13-5-6-13)11-12-3-4-12/h12-14H,2-11H2,1H3. The van der Waals surface area contributed by atoms with Crippen LogP contribution in [0.2, 0.25) is 0 Å². The Morgan fingerprint density at radius 2 is 2.00 bits per heavy atom. The first-order chi connectivity index (χ1) is 7.90. The predicted octanol–water partition coefficient (Wildman–Crippen LogP) is 1.49. The van der Waals surface area contributed by atoms with Crippen molar-refractivity contribution in [1.29, 1.82) is 0 Å². The smallest absolute Gasteiger partial charge is 0.0474 e. The van der Waals surface area contributed by atoms with Crippen molar-refractivity contribution in [2.75, 3.05) is 39.9 Å². The van der Waals surface area contributed by atoms with Gasteiger partial charge in [-0.1, -0.05) is 0 Å². The van der Waals surface area contributed by atoms with Gasteiger partial charge in [-0.2, -0.15) is 0 Å². The van der Waals surface area contributed by atoms with Crippen molar-refractivity contribution in [2.24, 2.45) is 5.92 Å². The van der Waals surface area contributed by atoms with Crippen LogP contribution in [0.4, 0.5) is 0 Å². The fourth-order valence-corrected chi connectivity index (χ4v) is 2.18. The van der Waals surface area contributed by atoms with Crippen molar-refractivity contribution < 1.29 is 4.74 Å². The van der Waals surface area contributed by atoms with Gasteiger partial charge in [0.1, 0.15) is 0 Å². The highest BCUT2D eigenvalue weighted by molar-refractivity contribution is 4.88. The van der Waals surface area contributed by atoms with Crippen LogP contribution >= 0.6 is 0 Å². The van der Waals surface area contributed by atoms with Crippen LogP contribution in [0, 0.1) is 5.92 Å². The van der Waals surface area contributed by atoms with E-state index in [2.05, 4.69) is 10.2 Å². The van der Waals surface area contributed by atoms with E-state index in [-0.39, 0.29) is 0 Å². The molecule has 0 amide bonds. The normalized spacial score (nSPS) is 20.6. The Balaban J connectivity index is 1.48.